The lowest BCUT2D eigenvalue weighted by atomic mass is 10.0. The Morgan fingerprint density at radius 1 is 1.21 bits per heavy atom. The van der Waals surface area contributed by atoms with E-state index in [0.29, 0.717) is 11.8 Å². The number of aryl methyl sites for hydroxylation is 1. The highest BCUT2D eigenvalue weighted by Crippen LogP contribution is 2.37. The van der Waals surface area contributed by atoms with Crippen LogP contribution in [0.5, 0.6) is 0 Å². The lowest BCUT2D eigenvalue weighted by Gasteiger charge is -2.31. The Bertz CT molecular complexity index is 697. The molecule has 1 aromatic carbocycles. The van der Waals surface area contributed by atoms with Gasteiger partial charge in [0.2, 0.25) is 0 Å². The number of pyridine rings is 1. The van der Waals surface area contributed by atoms with Gasteiger partial charge in [0.25, 0.3) is 0 Å². The van der Waals surface area contributed by atoms with Crippen LogP contribution < -0.4 is 10.2 Å². The number of nitrogens with zero attached hydrogens (tertiary/aromatic N) is 2. The molecule has 24 heavy (non-hydrogen) atoms. The molecule has 0 aliphatic carbocycles. The van der Waals surface area contributed by atoms with Crippen LogP contribution in [0.1, 0.15) is 24.6 Å². The Morgan fingerprint density at radius 2 is 1.92 bits per heavy atom. The van der Waals surface area contributed by atoms with Crippen LogP contribution in [-0.2, 0) is 12.6 Å². The molecule has 1 aromatic heterocycles. The molecule has 3 nitrogen and oxygen atoms in total. The first-order valence-corrected chi connectivity index (χ1v) is 7.96. The number of alkyl halides is 3. The molecule has 0 atom stereocenters. The number of aromatic nitrogens is 1. The maximum Gasteiger partial charge on any atom is 0.418 e. The van der Waals surface area contributed by atoms with E-state index in [1.54, 1.807) is 6.07 Å². The topological polar surface area (TPSA) is 28.2 Å². The number of rotatable bonds is 3. The Balaban J connectivity index is 0.00000208. The largest absolute Gasteiger partial charge is 0.418 e. The molecule has 2 heterocycles. The van der Waals surface area contributed by atoms with Crippen molar-refractivity contribution in [3.63, 3.8) is 0 Å². The van der Waals surface area contributed by atoms with Crippen molar-refractivity contribution in [1.82, 2.24) is 10.3 Å². The highest BCUT2D eigenvalue weighted by Gasteiger charge is 2.34. The Hall–Kier alpha value is -1.53. The van der Waals surface area contributed by atoms with Crippen LogP contribution in [0, 0.1) is 0 Å². The third-order valence-corrected chi connectivity index (χ3v) is 4.14. The van der Waals surface area contributed by atoms with Gasteiger partial charge in [0.1, 0.15) is 0 Å². The van der Waals surface area contributed by atoms with Crippen LogP contribution in [-0.4, -0.2) is 31.2 Å². The van der Waals surface area contributed by atoms with Crippen LogP contribution in [0.3, 0.4) is 0 Å². The molecule has 1 N–H and O–H groups in total. The molecule has 132 valence electrons. The molecule has 2 aromatic rings. The molecule has 0 unspecified atom stereocenters. The summed E-state index contributed by atoms with van der Waals surface area (Å²) in [6.07, 6.45) is -2.85. The molecule has 0 saturated carbocycles. The number of fused-ring (bicyclic) bond motifs is 1. The lowest BCUT2D eigenvalue weighted by molar-refractivity contribution is -0.136. The summed E-state index contributed by atoms with van der Waals surface area (Å²) in [4.78, 5) is 6.48. The minimum absolute atomic E-state index is 0. The molecule has 1 aliphatic heterocycles. The average Bonchev–Trinajstić information content (AvgIpc) is 2.54. The third kappa shape index (κ3) is 3.75. The summed E-state index contributed by atoms with van der Waals surface area (Å²) >= 11 is 0. The molecule has 1 fully saturated rings. The fourth-order valence-corrected chi connectivity index (χ4v) is 3.06. The predicted molar refractivity (Wildman–Crippen MR) is 93.1 cm³/mol. The quantitative estimate of drug-likeness (QED) is 0.896. The first kappa shape index (κ1) is 18.8. The van der Waals surface area contributed by atoms with Gasteiger partial charge in [0, 0.05) is 42.9 Å². The highest BCUT2D eigenvalue weighted by molar-refractivity contribution is 5.94. The minimum Gasteiger partial charge on any atom is -0.368 e. The molecule has 0 spiro atoms. The van der Waals surface area contributed by atoms with E-state index in [1.807, 2.05) is 13.0 Å². The zero-order valence-electron chi connectivity index (χ0n) is 13.5. The second-order valence-corrected chi connectivity index (χ2v) is 5.82. The van der Waals surface area contributed by atoms with Gasteiger partial charge in [0.15, 0.2) is 0 Å². The summed E-state index contributed by atoms with van der Waals surface area (Å²) in [5.41, 5.74) is 1.01. The van der Waals surface area contributed by atoms with Gasteiger partial charge in [-0.2, -0.15) is 13.2 Å². The maximum atomic E-state index is 13.3. The van der Waals surface area contributed by atoms with Gasteiger partial charge in [-0.15, -0.1) is 12.4 Å². The molecule has 1 aliphatic rings. The van der Waals surface area contributed by atoms with Crippen molar-refractivity contribution in [3.8, 4) is 0 Å². The lowest BCUT2D eigenvalue weighted by Crippen LogP contribution is -2.43. The van der Waals surface area contributed by atoms with Crippen molar-refractivity contribution in [2.24, 2.45) is 0 Å². The zero-order chi connectivity index (χ0) is 16.4. The molecule has 7 heteroatoms. The van der Waals surface area contributed by atoms with E-state index in [-0.39, 0.29) is 17.9 Å². The van der Waals surface area contributed by atoms with E-state index in [1.165, 1.54) is 6.07 Å². The van der Waals surface area contributed by atoms with Gasteiger partial charge in [-0.1, -0.05) is 25.5 Å². The van der Waals surface area contributed by atoms with E-state index in [4.69, 9.17) is 0 Å². The standard InChI is InChI=1S/C17H20F3N3.ClH/c1-2-4-12-11-15(23-9-7-21-8-10-23)13-5-3-6-14(16(13)22-12)17(18,19)20;/h3,5-6,11,21H,2,4,7-10H2,1H3;1H. The summed E-state index contributed by atoms with van der Waals surface area (Å²) in [5, 5.41) is 3.86. The molecule has 1 saturated heterocycles. The van der Waals surface area contributed by atoms with Crippen molar-refractivity contribution in [3.05, 3.63) is 35.5 Å². The molecule has 0 radical (unpaired) electrons. The summed E-state index contributed by atoms with van der Waals surface area (Å²) in [7, 11) is 0. The number of hydrogen-bond acceptors (Lipinski definition) is 3. The van der Waals surface area contributed by atoms with E-state index >= 15 is 0 Å². The van der Waals surface area contributed by atoms with Gasteiger partial charge in [0.05, 0.1) is 11.1 Å². The SMILES string of the molecule is CCCc1cc(N2CCNCC2)c2cccc(C(F)(F)F)c2n1.Cl. The van der Waals surface area contributed by atoms with Gasteiger partial charge in [-0.25, -0.2) is 0 Å². The summed E-state index contributed by atoms with van der Waals surface area (Å²) in [6, 6.07) is 6.28. The van der Waals surface area contributed by atoms with Gasteiger partial charge < -0.3 is 10.2 Å². The van der Waals surface area contributed by atoms with Crippen molar-refractivity contribution in [1.29, 1.82) is 0 Å². The third-order valence-electron chi connectivity index (χ3n) is 4.14. The fraction of sp³-hybridized carbons (Fsp3) is 0.471. The van der Waals surface area contributed by atoms with Gasteiger partial charge in [-0.3, -0.25) is 4.98 Å². The van der Waals surface area contributed by atoms with E-state index < -0.39 is 11.7 Å². The van der Waals surface area contributed by atoms with Crippen LogP contribution in [0.25, 0.3) is 10.9 Å². The van der Waals surface area contributed by atoms with Crippen molar-refractivity contribution < 1.29 is 13.2 Å². The average molecular weight is 360 g/mol. The van der Waals surface area contributed by atoms with Crippen LogP contribution in [0.15, 0.2) is 24.3 Å². The Labute approximate surface area is 145 Å². The van der Waals surface area contributed by atoms with E-state index in [0.717, 1.165) is 50.0 Å². The van der Waals surface area contributed by atoms with Crippen molar-refractivity contribution in [2.45, 2.75) is 25.9 Å². The Kier molecular flexibility index (Phi) is 5.93. The molecule has 0 amide bonds. The first-order chi connectivity index (χ1) is 11.0. The number of hydrogen-bond donors (Lipinski definition) is 1. The second kappa shape index (κ2) is 7.57. The maximum absolute atomic E-state index is 13.3. The van der Waals surface area contributed by atoms with E-state index in [9.17, 15) is 13.2 Å². The smallest absolute Gasteiger partial charge is 0.368 e. The summed E-state index contributed by atoms with van der Waals surface area (Å²) in [6.45, 7) is 5.27. The second-order valence-electron chi connectivity index (χ2n) is 5.82. The van der Waals surface area contributed by atoms with Gasteiger partial charge >= 0.3 is 6.18 Å². The fourth-order valence-electron chi connectivity index (χ4n) is 3.06. The first-order valence-electron chi connectivity index (χ1n) is 7.96. The van der Waals surface area contributed by atoms with Crippen LogP contribution >= 0.6 is 12.4 Å². The van der Waals surface area contributed by atoms with E-state index in [2.05, 4.69) is 15.2 Å². The molecule has 0 bridgehead atoms. The van der Waals surface area contributed by atoms with Crippen molar-refractivity contribution >= 4 is 29.0 Å². The summed E-state index contributed by atoms with van der Waals surface area (Å²) < 4.78 is 40.0. The Morgan fingerprint density at radius 3 is 2.54 bits per heavy atom. The highest BCUT2D eigenvalue weighted by atomic mass is 35.5. The van der Waals surface area contributed by atoms with Crippen LogP contribution in [0.2, 0.25) is 0 Å². The number of anilines is 1. The van der Waals surface area contributed by atoms with Crippen molar-refractivity contribution in [2.75, 3.05) is 31.1 Å². The number of para-hydroxylation sites is 1. The number of halogens is 4. The van der Waals surface area contributed by atoms with Crippen LogP contribution in [0.4, 0.5) is 18.9 Å². The normalized spacial score (nSPS) is 15.4. The van der Waals surface area contributed by atoms with Gasteiger partial charge in [-0.05, 0) is 18.6 Å². The number of nitrogens with one attached hydrogen (secondary N) is 1. The summed E-state index contributed by atoms with van der Waals surface area (Å²) in [5.74, 6) is 0. The predicted octanol–water partition coefficient (Wildman–Crippen LogP) is 4.04. The molecular formula is C17H21ClF3N3. The minimum atomic E-state index is -4.39. The molecule has 3 rings (SSSR count). The number of piperazine rings is 1. The zero-order valence-corrected chi connectivity index (χ0v) is 14.3. The molecular weight excluding hydrogens is 339 g/mol. The number of benzene rings is 1. The monoisotopic (exact) mass is 359 g/mol.